The van der Waals surface area contributed by atoms with Crippen molar-refractivity contribution in [1.29, 1.82) is 0 Å². The van der Waals surface area contributed by atoms with E-state index in [1.165, 1.54) is 22.3 Å². The van der Waals surface area contributed by atoms with Gasteiger partial charge in [0.15, 0.2) is 0 Å². The van der Waals surface area contributed by atoms with Crippen LogP contribution in [0.15, 0.2) is 119 Å². The third-order valence-electron chi connectivity index (χ3n) is 4.46. The summed E-state index contributed by atoms with van der Waals surface area (Å²) in [5, 5.41) is 0. The fraction of sp³-hybridized carbons (Fsp3) is 0. The molecule has 4 aromatic rings. The van der Waals surface area contributed by atoms with Gasteiger partial charge in [0.2, 0.25) is 0 Å². The average molecular weight is 490 g/mol. The summed E-state index contributed by atoms with van der Waals surface area (Å²) in [6, 6.07) is 37.1. The molecule has 0 fully saturated rings. The number of aliphatic imine (C=N–C) groups is 2. The van der Waals surface area contributed by atoms with Gasteiger partial charge in [0.1, 0.15) is 0 Å². The molecule has 0 aliphatic heterocycles. The van der Waals surface area contributed by atoms with Gasteiger partial charge >= 0.3 is 33.0 Å². The van der Waals surface area contributed by atoms with Crippen molar-refractivity contribution in [3.8, 4) is 22.3 Å². The van der Waals surface area contributed by atoms with E-state index in [4.69, 9.17) is 20.4 Å². The normalized spacial score (nSPS) is 10.9. The second-order valence-corrected chi connectivity index (χ2v) is 8.06. The number of nitrogens with zero attached hydrogens (tertiary/aromatic N) is 2. The van der Waals surface area contributed by atoms with E-state index in [2.05, 4.69) is 58.5 Å². The molecule has 0 saturated heterocycles. The number of rotatable bonds is 5. The molecule has 2 nitrogen and oxygen atoms in total. The Balaban J connectivity index is 0.000000858. The third-order valence-corrected chi connectivity index (χ3v) is 4.46. The van der Waals surface area contributed by atoms with E-state index in [-0.39, 0.29) is 0 Å². The first-order valence-corrected chi connectivity index (χ1v) is 12.2. The van der Waals surface area contributed by atoms with Crippen molar-refractivity contribution in [2.45, 2.75) is 0 Å². The van der Waals surface area contributed by atoms with Crippen molar-refractivity contribution in [2.24, 2.45) is 9.98 Å². The van der Waals surface area contributed by atoms with Gasteiger partial charge in [-0.1, -0.05) is 84.9 Å². The first kappa shape index (κ1) is 23.0. The number of halogens is 2. The van der Waals surface area contributed by atoms with Gasteiger partial charge in [-0.25, -0.2) is 0 Å². The summed E-state index contributed by atoms with van der Waals surface area (Å²) in [7, 11) is 9.40. The van der Waals surface area contributed by atoms with Crippen LogP contribution in [0.25, 0.3) is 22.3 Å². The monoisotopic (exact) mass is 488 g/mol. The van der Waals surface area contributed by atoms with Gasteiger partial charge in [-0.05, 0) is 46.5 Å². The van der Waals surface area contributed by atoms with Crippen molar-refractivity contribution < 1.29 is 12.7 Å². The average Bonchev–Trinajstić information content (AvgIpc) is 2.84. The minimum atomic E-state index is 0.569. The molecule has 0 aliphatic carbocycles. The molecule has 0 radical (unpaired) electrons. The van der Waals surface area contributed by atoms with Crippen molar-refractivity contribution in [1.82, 2.24) is 0 Å². The zero-order valence-electron chi connectivity index (χ0n) is 16.5. The van der Waals surface area contributed by atoms with E-state index >= 15 is 0 Å². The topological polar surface area (TPSA) is 24.7 Å². The van der Waals surface area contributed by atoms with Crippen LogP contribution < -0.4 is 0 Å². The van der Waals surface area contributed by atoms with Gasteiger partial charge in [0.05, 0.1) is 11.4 Å². The van der Waals surface area contributed by atoms with Gasteiger partial charge in [-0.2, -0.15) is 0 Å². The molecular weight excluding hydrogens is 470 g/mol. The first-order valence-electron chi connectivity index (χ1n) is 9.50. The van der Waals surface area contributed by atoms with E-state index in [9.17, 15) is 0 Å². The molecule has 0 unspecified atom stereocenters. The van der Waals surface area contributed by atoms with Gasteiger partial charge in [0.25, 0.3) is 0 Å². The molecule has 158 valence electrons. The number of hydrogen-bond donors (Lipinski definition) is 0. The predicted molar refractivity (Wildman–Crippen MR) is 132 cm³/mol. The Morgan fingerprint density at radius 1 is 0.452 bits per heavy atom. The fourth-order valence-corrected chi connectivity index (χ4v) is 2.98. The van der Waals surface area contributed by atoms with Crippen molar-refractivity contribution >= 4 is 44.2 Å². The molecule has 0 atom stereocenters. The van der Waals surface area contributed by atoms with Crippen LogP contribution in [0.1, 0.15) is 0 Å². The Kier molecular flexibility index (Phi) is 9.53. The summed E-state index contributed by atoms with van der Waals surface area (Å²) < 4.78 is 0. The zero-order valence-corrected chi connectivity index (χ0v) is 19.0. The van der Waals surface area contributed by atoms with Crippen LogP contribution in [0.3, 0.4) is 0 Å². The van der Waals surface area contributed by atoms with E-state index < -0.39 is 0 Å². The summed E-state index contributed by atoms with van der Waals surface area (Å²) in [5.41, 5.74) is 6.60. The maximum atomic E-state index is 4.70. The first-order chi connectivity index (χ1) is 15.3. The van der Waals surface area contributed by atoms with E-state index in [1.807, 2.05) is 60.7 Å². The summed E-state index contributed by atoms with van der Waals surface area (Å²) in [5.74, 6) is 0. The second kappa shape index (κ2) is 12.9. The van der Waals surface area contributed by atoms with Crippen LogP contribution in [0.4, 0.5) is 11.4 Å². The Morgan fingerprint density at radius 2 is 0.742 bits per heavy atom. The van der Waals surface area contributed by atoms with Crippen LogP contribution in [0.2, 0.25) is 0 Å². The molecular formula is C26H20Cl2N2Ni. The van der Waals surface area contributed by atoms with E-state index in [0.29, 0.717) is 12.7 Å². The van der Waals surface area contributed by atoms with Crippen molar-refractivity contribution in [3.05, 3.63) is 109 Å². The zero-order chi connectivity index (χ0) is 21.7. The number of hydrogen-bond acceptors (Lipinski definition) is 2. The summed E-state index contributed by atoms with van der Waals surface area (Å²) in [6.07, 6.45) is 3.45. The molecule has 0 saturated carbocycles. The van der Waals surface area contributed by atoms with Gasteiger partial charge in [-0.3, -0.25) is 9.98 Å². The molecule has 5 heteroatoms. The Hall–Kier alpha value is -2.71. The SMILES string of the molecule is C(C=Nc1ccc(-c2ccccc2)cc1)=Nc1ccc(-c2ccccc2)cc1.[Cl][Ni][Cl]. The molecule has 4 aromatic carbocycles. The van der Waals surface area contributed by atoms with Crippen molar-refractivity contribution in [3.63, 3.8) is 0 Å². The van der Waals surface area contributed by atoms with E-state index in [0.717, 1.165) is 11.4 Å². The van der Waals surface area contributed by atoms with Crippen LogP contribution in [-0.4, -0.2) is 12.4 Å². The van der Waals surface area contributed by atoms with Crippen LogP contribution in [-0.2, 0) is 12.7 Å². The predicted octanol–water partition coefficient (Wildman–Crippen LogP) is 8.50. The molecule has 31 heavy (non-hydrogen) atoms. The molecule has 0 amide bonds. The van der Waals surface area contributed by atoms with Crippen molar-refractivity contribution in [2.75, 3.05) is 0 Å². The minimum absolute atomic E-state index is 0.569. The summed E-state index contributed by atoms with van der Waals surface area (Å²) in [4.78, 5) is 8.89. The van der Waals surface area contributed by atoms with E-state index in [1.54, 1.807) is 12.4 Å². The molecule has 0 aliphatic rings. The molecule has 0 bridgehead atoms. The van der Waals surface area contributed by atoms with Gasteiger partial charge in [0, 0.05) is 12.4 Å². The Labute approximate surface area is 197 Å². The van der Waals surface area contributed by atoms with Crippen LogP contribution in [0, 0.1) is 0 Å². The fourth-order valence-electron chi connectivity index (χ4n) is 2.98. The third kappa shape index (κ3) is 7.49. The maximum absolute atomic E-state index is 4.70. The van der Waals surface area contributed by atoms with Crippen LogP contribution >= 0.6 is 20.4 Å². The molecule has 0 aromatic heterocycles. The Morgan fingerprint density at radius 3 is 1.06 bits per heavy atom. The van der Waals surface area contributed by atoms with Crippen LogP contribution in [0.5, 0.6) is 0 Å². The molecule has 0 spiro atoms. The molecule has 4 rings (SSSR count). The second-order valence-electron chi connectivity index (χ2n) is 6.43. The number of benzene rings is 4. The quantitative estimate of drug-likeness (QED) is 0.198. The summed E-state index contributed by atoms with van der Waals surface area (Å²) >= 11 is 0.569. The standard InChI is InChI=1S/C26H20N2.2ClH.Ni/c1-3-7-21(8-4-1)23-11-15-25(16-12-23)27-19-20-28-26-17-13-24(14-18-26)22-9-5-2-6-10-22;;;/h1-20H;2*1H;/q;;;+2/p-2. The Bertz CT molecular complexity index is 1000. The summed E-state index contributed by atoms with van der Waals surface area (Å²) in [6.45, 7) is 0. The molecule has 0 N–H and O–H groups in total. The van der Waals surface area contributed by atoms with Gasteiger partial charge in [-0.15, -0.1) is 0 Å². The molecule has 0 heterocycles. The van der Waals surface area contributed by atoms with Gasteiger partial charge < -0.3 is 0 Å².